The zero-order valence-electron chi connectivity index (χ0n) is 13.3. The van der Waals surface area contributed by atoms with Crippen molar-refractivity contribution < 1.29 is 4.39 Å². The van der Waals surface area contributed by atoms with Gasteiger partial charge >= 0.3 is 0 Å². The van der Waals surface area contributed by atoms with E-state index in [1.807, 2.05) is 24.3 Å². The summed E-state index contributed by atoms with van der Waals surface area (Å²) in [6.07, 6.45) is 0. The fourth-order valence-electron chi connectivity index (χ4n) is 3.18. The second-order valence-electron chi connectivity index (χ2n) is 7.29. The summed E-state index contributed by atoms with van der Waals surface area (Å²) >= 11 is 0. The highest BCUT2D eigenvalue weighted by Gasteiger charge is 2.35. The highest BCUT2D eigenvalue weighted by atomic mass is 28.4. The summed E-state index contributed by atoms with van der Waals surface area (Å²) in [5, 5.41) is 1.77. The van der Waals surface area contributed by atoms with Crippen molar-refractivity contribution >= 4 is 32.9 Å². The average molecular weight is 306 g/mol. The van der Waals surface area contributed by atoms with Gasteiger partial charge in [-0.25, -0.2) is 4.39 Å². The molecular weight excluding hydrogens is 281 g/mol. The predicted molar refractivity (Wildman–Crippen MR) is 93.1 cm³/mol. The van der Waals surface area contributed by atoms with E-state index in [1.54, 1.807) is 6.07 Å². The first-order valence-electron chi connectivity index (χ1n) is 7.10. The monoisotopic (exact) mass is 305 g/mol. The molecule has 0 fully saturated rings. The van der Waals surface area contributed by atoms with Crippen LogP contribution in [-0.4, -0.2) is 16.5 Å². The van der Waals surface area contributed by atoms with Crippen LogP contribution in [0.2, 0.25) is 39.3 Å². The quantitative estimate of drug-likeness (QED) is 0.681. The maximum absolute atomic E-state index is 14.0. The molecule has 0 spiro atoms. The average Bonchev–Trinajstić information content (AvgIpc) is 2.26. The molecule has 0 aliphatic rings. The van der Waals surface area contributed by atoms with Crippen LogP contribution in [0.4, 0.5) is 10.1 Å². The molecule has 0 saturated carbocycles. The maximum Gasteiger partial charge on any atom is 0.138 e. The predicted octanol–water partition coefficient (Wildman–Crippen LogP) is 5.46. The summed E-state index contributed by atoms with van der Waals surface area (Å²) in [4.78, 5) is 0. The summed E-state index contributed by atoms with van der Waals surface area (Å²) in [6, 6.07) is 11.4. The molecular formula is C16H24FNSi2. The molecule has 0 saturated heterocycles. The number of nitrogens with zero attached hydrogens (tertiary/aromatic N) is 1. The summed E-state index contributed by atoms with van der Waals surface area (Å²) in [5.74, 6) is -0.129. The van der Waals surface area contributed by atoms with Crippen molar-refractivity contribution in [2.45, 2.75) is 39.3 Å². The first-order chi connectivity index (χ1) is 9.12. The van der Waals surface area contributed by atoms with Gasteiger partial charge in [-0.3, -0.25) is 0 Å². The van der Waals surface area contributed by atoms with Gasteiger partial charge in [0.15, 0.2) is 0 Å². The van der Waals surface area contributed by atoms with Crippen molar-refractivity contribution in [1.29, 1.82) is 0 Å². The van der Waals surface area contributed by atoms with Gasteiger partial charge in [0.1, 0.15) is 22.3 Å². The van der Waals surface area contributed by atoms with E-state index in [0.717, 1.165) is 10.8 Å². The van der Waals surface area contributed by atoms with Crippen molar-refractivity contribution in [3.63, 3.8) is 0 Å². The van der Waals surface area contributed by atoms with Crippen LogP contribution in [0.5, 0.6) is 0 Å². The van der Waals surface area contributed by atoms with Crippen molar-refractivity contribution in [3.8, 4) is 0 Å². The van der Waals surface area contributed by atoms with Gasteiger partial charge in [-0.2, -0.15) is 0 Å². The molecule has 2 aromatic rings. The van der Waals surface area contributed by atoms with E-state index in [2.05, 4.69) is 49.6 Å². The van der Waals surface area contributed by atoms with Gasteiger partial charge in [0.2, 0.25) is 0 Å². The molecule has 20 heavy (non-hydrogen) atoms. The normalized spacial score (nSPS) is 12.8. The summed E-state index contributed by atoms with van der Waals surface area (Å²) in [5.41, 5.74) is 1.21. The van der Waals surface area contributed by atoms with Gasteiger partial charge in [-0.05, 0) is 12.1 Å². The smallest absolute Gasteiger partial charge is 0.138 e. The second kappa shape index (κ2) is 5.00. The Hall–Kier alpha value is -1.14. The summed E-state index contributed by atoms with van der Waals surface area (Å²) < 4.78 is 16.7. The van der Waals surface area contributed by atoms with E-state index < -0.39 is 16.5 Å². The molecule has 0 aromatic heterocycles. The molecule has 4 heteroatoms. The number of rotatable bonds is 3. The van der Waals surface area contributed by atoms with Gasteiger partial charge in [-0.1, -0.05) is 63.5 Å². The van der Waals surface area contributed by atoms with Gasteiger partial charge in [-0.15, -0.1) is 0 Å². The Balaban J connectivity index is 2.76. The van der Waals surface area contributed by atoms with Gasteiger partial charge in [0, 0.05) is 16.5 Å². The third-order valence-electron chi connectivity index (χ3n) is 3.43. The molecule has 0 unspecified atom stereocenters. The lowest BCUT2D eigenvalue weighted by Crippen LogP contribution is -2.59. The Bertz CT molecular complexity index is 612. The molecule has 0 aliphatic carbocycles. The van der Waals surface area contributed by atoms with E-state index in [1.165, 1.54) is 5.69 Å². The molecule has 0 radical (unpaired) electrons. The van der Waals surface area contributed by atoms with Crippen LogP contribution in [0.3, 0.4) is 0 Å². The topological polar surface area (TPSA) is 3.24 Å². The molecule has 0 aliphatic heterocycles. The molecule has 0 amide bonds. The molecule has 0 bridgehead atoms. The lowest BCUT2D eigenvalue weighted by atomic mass is 10.1. The van der Waals surface area contributed by atoms with E-state index >= 15 is 0 Å². The third kappa shape index (κ3) is 2.81. The first kappa shape index (κ1) is 15.3. The van der Waals surface area contributed by atoms with E-state index in [4.69, 9.17) is 0 Å². The van der Waals surface area contributed by atoms with E-state index in [0.29, 0.717) is 0 Å². The standard InChI is InChI=1S/C16H24FNSi2/c1-19(2,3)18(20(4,5)6)16-12-8-9-13-14(16)10-7-11-15(13)17/h7-12H,1-6H3. The van der Waals surface area contributed by atoms with Crippen LogP contribution >= 0.6 is 0 Å². The second-order valence-corrected chi connectivity index (χ2v) is 17.3. The highest BCUT2D eigenvalue weighted by Crippen LogP contribution is 2.34. The SMILES string of the molecule is C[Si](C)(C)N(c1cccc2c(F)cccc12)[Si](C)(C)C. The third-order valence-corrected chi connectivity index (χ3v) is 10.6. The number of halogens is 1. The Labute approximate surface area is 123 Å². The number of hydrogen-bond donors (Lipinski definition) is 0. The van der Waals surface area contributed by atoms with E-state index in [-0.39, 0.29) is 5.82 Å². The van der Waals surface area contributed by atoms with Crippen LogP contribution in [0.1, 0.15) is 0 Å². The summed E-state index contributed by atoms with van der Waals surface area (Å²) in [7, 11) is -3.05. The van der Waals surface area contributed by atoms with Crippen molar-refractivity contribution in [2.24, 2.45) is 0 Å². The molecule has 0 atom stereocenters. The summed E-state index contributed by atoms with van der Waals surface area (Å²) in [6.45, 7) is 14.2. The Morgan fingerprint density at radius 1 is 0.750 bits per heavy atom. The zero-order chi connectivity index (χ0) is 15.1. The van der Waals surface area contributed by atoms with E-state index in [9.17, 15) is 4.39 Å². The molecule has 2 rings (SSSR count). The van der Waals surface area contributed by atoms with Crippen LogP contribution < -0.4 is 4.23 Å². The molecule has 0 heterocycles. The number of benzene rings is 2. The van der Waals surface area contributed by atoms with Crippen LogP contribution in [0, 0.1) is 5.82 Å². The Morgan fingerprint density at radius 2 is 1.25 bits per heavy atom. The fourth-order valence-corrected chi connectivity index (χ4v) is 13.1. The molecule has 0 N–H and O–H groups in total. The zero-order valence-corrected chi connectivity index (χ0v) is 15.3. The van der Waals surface area contributed by atoms with Gasteiger partial charge in [0.25, 0.3) is 0 Å². The minimum Gasteiger partial charge on any atom is -0.424 e. The van der Waals surface area contributed by atoms with Crippen molar-refractivity contribution in [1.82, 2.24) is 0 Å². The molecule has 108 valence electrons. The highest BCUT2D eigenvalue weighted by molar-refractivity contribution is 6.99. The Kier molecular flexibility index (Phi) is 3.82. The van der Waals surface area contributed by atoms with Gasteiger partial charge < -0.3 is 4.23 Å². The lowest BCUT2D eigenvalue weighted by molar-refractivity contribution is 0.640. The number of fused-ring (bicyclic) bond motifs is 1. The van der Waals surface area contributed by atoms with Crippen LogP contribution in [0.25, 0.3) is 10.8 Å². The minimum atomic E-state index is -1.52. The van der Waals surface area contributed by atoms with Crippen molar-refractivity contribution in [2.75, 3.05) is 4.23 Å². The molecule has 1 nitrogen and oxygen atoms in total. The number of hydrogen-bond acceptors (Lipinski definition) is 1. The number of anilines is 1. The van der Waals surface area contributed by atoms with Crippen molar-refractivity contribution in [3.05, 3.63) is 42.2 Å². The molecule has 2 aromatic carbocycles. The first-order valence-corrected chi connectivity index (χ1v) is 14.0. The maximum atomic E-state index is 14.0. The van der Waals surface area contributed by atoms with Crippen LogP contribution in [-0.2, 0) is 0 Å². The van der Waals surface area contributed by atoms with Gasteiger partial charge in [0.05, 0.1) is 0 Å². The largest absolute Gasteiger partial charge is 0.424 e. The fraction of sp³-hybridized carbons (Fsp3) is 0.375. The Morgan fingerprint density at radius 3 is 1.80 bits per heavy atom. The minimum absolute atomic E-state index is 0.129. The van der Waals surface area contributed by atoms with Crippen LogP contribution in [0.15, 0.2) is 36.4 Å². The lowest BCUT2D eigenvalue weighted by Gasteiger charge is -2.46.